The number of nitrogens with one attached hydrogen (secondary N) is 1. The average Bonchev–Trinajstić information content (AvgIpc) is 3.60. The number of nitrogens with zero attached hydrogens (tertiary/aromatic N) is 1. The minimum atomic E-state index is -0.246. The van der Waals surface area contributed by atoms with Gasteiger partial charge in [-0.1, -0.05) is 30.3 Å². The van der Waals surface area contributed by atoms with Gasteiger partial charge in [0.25, 0.3) is 0 Å². The van der Waals surface area contributed by atoms with E-state index in [2.05, 4.69) is 5.32 Å². The molecule has 2 aliphatic rings. The maximum atomic E-state index is 13.2. The second kappa shape index (κ2) is 9.50. The van der Waals surface area contributed by atoms with E-state index in [1.54, 1.807) is 4.90 Å². The lowest BCUT2D eigenvalue weighted by atomic mass is 9.94. The van der Waals surface area contributed by atoms with E-state index >= 15 is 0 Å². The van der Waals surface area contributed by atoms with Gasteiger partial charge < -0.3 is 15.0 Å². The summed E-state index contributed by atoms with van der Waals surface area (Å²) in [5.41, 5.74) is 1.01. The molecule has 1 saturated carbocycles. The van der Waals surface area contributed by atoms with Crippen LogP contribution < -0.4 is 10.1 Å². The van der Waals surface area contributed by atoms with Crippen LogP contribution in [-0.4, -0.2) is 43.0 Å². The molecule has 5 nitrogen and oxygen atoms in total. The molecule has 4 rings (SSSR count). The number of para-hydroxylation sites is 1. The molecule has 1 N–H and O–H groups in total. The summed E-state index contributed by atoms with van der Waals surface area (Å²) in [6, 6.07) is 16.0. The van der Waals surface area contributed by atoms with Crippen molar-refractivity contribution in [2.45, 2.75) is 37.5 Å². The number of hydrogen-bond acceptors (Lipinski definition) is 3. The topological polar surface area (TPSA) is 58.6 Å². The normalized spacial score (nSPS) is 19.5. The van der Waals surface area contributed by atoms with Crippen molar-refractivity contribution < 1.29 is 18.7 Å². The molecule has 164 valence electrons. The minimum Gasteiger partial charge on any atom is -0.493 e. The number of ether oxygens (including phenoxy) is 1. The Morgan fingerprint density at radius 3 is 2.55 bits per heavy atom. The number of benzene rings is 2. The van der Waals surface area contributed by atoms with Gasteiger partial charge in [-0.3, -0.25) is 9.59 Å². The molecule has 1 unspecified atom stereocenters. The molecule has 0 radical (unpaired) electrons. The number of hydrogen-bond donors (Lipinski definition) is 1. The average molecular weight is 425 g/mol. The van der Waals surface area contributed by atoms with Crippen LogP contribution in [0.15, 0.2) is 54.6 Å². The van der Waals surface area contributed by atoms with Gasteiger partial charge >= 0.3 is 0 Å². The Morgan fingerprint density at radius 1 is 1.10 bits per heavy atom. The van der Waals surface area contributed by atoms with Crippen LogP contribution in [0.4, 0.5) is 4.39 Å². The lowest BCUT2D eigenvalue weighted by Gasteiger charge is -2.32. The lowest BCUT2D eigenvalue weighted by Crippen LogP contribution is -2.46. The van der Waals surface area contributed by atoms with E-state index in [-0.39, 0.29) is 29.0 Å². The molecule has 31 heavy (non-hydrogen) atoms. The molecule has 2 aromatic carbocycles. The first-order chi connectivity index (χ1) is 15.1. The molecule has 2 amide bonds. The molecular formula is C25H29FN2O3. The zero-order chi connectivity index (χ0) is 21.7. The van der Waals surface area contributed by atoms with Gasteiger partial charge in [0.15, 0.2) is 0 Å². The largest absolute Gasteiger partial charge is 0.493 e. The maximum Gasteiger partial charge on any atom is 0.226 e. The lowest BCUT2D eigenvalue weighted by molar-refractivity contribution is -0.136. The summed E-state index contributed by atoms with van der Waals surface area (Å²) >= 11 is 0. The van der Waals surface area contributed by atoms with Crippen LogP contribution in [0.1, 0.15) is 37.7 Å². The predicted octanol–water partition coefficient (Wildman–Crippen LogP) is 3.68. The van der Waals surface area contributed by atoms with Crippen molar-refractivity contribution in [3.63, 3.8) is 0 Å². The summed E-state index contributed by atoms with van der Waals surface area (Å²) in [7, 11) is 0. The van der Waals surface area contributed by atoms with Crippen molar-refractivity contribution in [1.29, 1.82) is 0 Å². The summed E-state index contributed by atoms with van der Waals surface area (Å²) in [5, 5.41) is 3.10. The molecule has 1 aliphatic heterocycles. The van der Waals surface area contributed by atoms with Gasteiger partial charge in [0, 0.05) is 25.0 Å². The monoisotopic (exact) mass is 424 g/mol. The zero-order valence-electron chi connectivity index (χ0n) is 17.7. The summed E-state index contributed by atoms with van der Waals surface area (Å²) < 4.78 is 18.8. The fraction of sp³-hybridized carbons (Fsp3) is 0.440. The van der Waals surface area contributed by atoms with Crippen LogP contribution in [-0.2, 0) is 15.0 Å². The van der Waals surface area contributed by atoms with Gasteiger partial charge in [-0.05, 0) is 55.5 Å². The first-order valence-electron chi connectivity index (χ1n) is 11.1. The molecule has 1 saturated heterocycles. The van der Waals surface area contributed by atoms with Crippen LogP contribution in [0, 0.1) is 11.7 Å². The molecule has 0 spiro atoms. The van der Waals surface area contributed by atoms with Crippen LogP contribution >= 0.6 is 0 Å². The van der Waals surface area contributed by atoms with Crippen molar-refractivity contribution in [3.8, 4) is 5.75 Å². The number of rotatable bonds is 8. The van der Waals surface area contributed by atoms with Crippen molar-refractivity contribution in [1.82, 2.24) is 10.2 Å². The van der Waals surface area contributed by atoms with Crippen molar-refractivity contribution >= 4 is 11.8 Å². The number of halogens is 1. The zero-order valence-corrected chi connectivity index (χ0v) is 17.7. The third-order valence-electron chi connectivity index (χ3n) is 6.38. The molecule has 2 aromatic rings. The molecule has 6 heteroatoms. The molecule has 1 atom stereocenters. The van der Waals surface area contributed by atoms with E-state index in [4.69, 9.17) is 4.74 Å². The second-order valence-corrected chi connectivity index (χ2v) is 8.60. The van der Waals surface area contributed by atoms with Crippen molar-refractivity contribution in [3.05, 3.63) is 66.0 Å². The van der Waals surface area contributed by atoms with E-state index in [1.165, 1.54) is 12.1 Å². The fourth-order valence-corrected chi connectivity index (χ4v) is 4.27. The molecule has 0 bridgehead atoms. The minimum absolute atomic E-state index is 0.00595. The number of carbonyl (C=O) groups excluding carboxylic acids is 2. The Hall–Kier alpha value is -2.89. The van der Waals surface area contributed by atoms with Crippen LogP contribution in [0.25, 0.3) is 0 Å². The van der Waals surface area contributed by atoms with Gasteiger partial charge in [0.2, 0.25) is 11.8 Å². The Morgan fingerprint density at radius 2 is 1.84 bits per heavy atom. The van der Waals surface area contributed by atoms with E-state index < -0.39 is 0 Å². The second-order valence-electron chi connectivity index (χ2n) is 8.60. The highest BCUT2D eigenvalue weighted by Gasteiger charge is 2.44. The number of carbonyl (C=O) groups is 2. The Bertz CT molecular complexity index is 897. The van der Waals surface area contributed by atoms with Crippen LogP contribution in [0.3, 0.4) is 0 Å². The van der Waals surface area contributed by atoms with Gasteiger partial charge in [0.05, 0.1) is 18.9 Å². The highest BCUT2D eigenvalue weighted by atomic mass is 19.1. The summed E-state index contributed by atoms with van der Waals surface area (Å²) in [6.07, 6.45) is 3.91. The van der Waals surface area contributed by atoms with E-state index in [9.17, 15) is 14.0 Å². The van der Waals surface area contributed by atoms with Gasteiger partial charge in [-0.25, -0.2) is 4.39 Å². The molecule has 1 heterocycles. The summed E-state index contributed by atoms with van der Waals surface area (Å²) in [5.74, 6) is 0.354. The SMILES string of the molecule is O=C(NCC1(c2ccc(F)cc2)CC1)C1CCCN(C(=O)CCOc2ccccc2)C1. The molecule has 0 aromatic heterocycles. The van der Waals surface area contributed by atoms with Gasteiger partial charge in [0.1, 0.15) is 11.6 Å². The molecular weight excluding hydrogens is 395 g/mol. The Balaban J connectivity index is 1.23. The maximum absolute atomic E-state index is 13.2. The fourth-order valence-electron chi connectivity index (χ4n) is 4.27. The number of likely N-dealkylation sites (tertiary alicyclic amines) is 1. The summed E-state index contributed by atoms with van der Waals surface area (Å²) in [6.45, 7) is 2.04. The third kappa shape index (κ3) is 5.43. The molecule has 2 fully saturated rings. The Kier molecular flexibility index (Phi) is 6.54. The van der Waals surface area contributed by atoms with Gasteiger partial charge in [-0.2, -0.15) is 0 Å². The Labute approximate surface area is 182 Å². The van der Waals surface area contributed by atoms with Crippen LogP contribution in [0.2, 0.25) is 0 Å². The first-order valence-corrected chi connectivity index (χ1v) is 11.1. The van der Waals surface area contributed by atoms with Crippen molar-refractivity contribution in [2.75, 3.05) is 26.2 Å². The quantitative estimate of drug-likeness (QED) is 0.703. The van der Waals surface area contributed by atoms with E-state index in [0.717, 1.165) is 37.0 Å². The summed E-state index contributed by atoms with van der Waals surface area (Å²) in [4.78, 5) is 27.2. The van der Waals surface area contributed by atoms with E-state index in [0.29, 0.717) is 32.7 Å². The van der Waals surface area contributed by atoms with Crippen LogP contribution in [0.5, 0.6) is 5.75 Å². The first kappa shape index (κ1) is 21.3. The predicted molar refractivity (Wildman–Crippen MR) is 116 cm³/mol. The third-order valence-corrected chi connectivity index (χ3v) is 6.38. The highest BCUT2D eigenvalue weighted by Crippen LogP contribution is 2.47. The number of piperidine rings is 1. The highest BCUT2D eigenvalue weighted by molar-refractivity contribution is 5.81. The number of amides is 2. The molecule has 1 aliphatic carbocycles. The smallest absolute Gasteiger partial charge is 0.226 e. The van der Waals surface area contributed by atoms with Crippen molar-refractivity contribution in [2.24, 2.45) is 5.92 Å². The van der Waals surface area contributed by atoms with E-state index in [1.807, 2.05) is 42.5 Å². The standard InChI is InChI=1S/C25H29FN2O3/c26-21-10-8-20(9-11-21)25(13-14-25)18-27-24(30)19-5-4-15-28(17-19)23(29)12-16-31-22-6-2-1-3-7-22/h1-3,6-11,19H,4-5,12-18H2,(H,27,30). The van der Waals surface area contributed by atoms with Gasteiger partial charge in [-0.15, -0.1) is 0 Å².